The molecule has 5 rings (SSSR count). The molecule has 0 saturated heterocycles. The van der Waals surface area contributed by atoms with E-state index in [2.05, 4.69) is 27.4 Å². The number of aryl methyl sites for hydroxylation is 1. The molecule has 1 atom stereocenters. The lowest BCUT2D eigenvalue weighted by molar-refractivity contribution is -0.137. The van der Waals surface area contributed by atoms with Gasteiger partial charge in [-0.2, -0.15) is 13.2 Å². The van der Waals surface area contributed by atoms with Crippen LogP contribution in [0.3, 0.4) is 0 Å². The maximum Gasteiger partial charge on any atom is 0.416 e. The van der Waals surface area contributed by atoms with Crippen LogP contribution >= 0.6 is 11.3 Å². The third kappa shape index (κ3) is 4.53. The van der Waals surface area contributed by atoms with Crippen molar-refractivity contribution in [2.45, 2.75) is 25.4 Å². The molecule has 3 aromatic rings. The van der Waals surface area contributed by atoms with Gasteiger partial charge >= 0.3 is 6.18 Å². The number of carbonyl (C=O) groups excluding carboxylic acids is 1. The summed E-state index contributed by atoms with van der Waals surface area (Å²) in [5, 5.41) is 11.1. The van der Waals surface area contributed by atoms with E-state index in [1.54, 1.807) is 0 Å². The van der Waals surface area contributed by atoms with E-state index in [4.69, 9.17) is 4.74 Å². The van der Waals surface area contributed by atoms with Gasteiger partial charge in [-0.1, -0.05) is 17.3 Å². The van der Waals surface area contributed by atoms with Crippen LogP contribution in [0, 0.1) is 23.2 Å². The number of alkyl halides is 3. The van der Waals surface area contributed by atoms with Crippen molar-refractivity contribution >= 4 is 22.4 Å². The van der Waals surface area contributed by atoms with Crippen LogP contribution in [-0.2, 0) is 13.2 Å². The molecule has 1 aromatic carbocycles. The van der Waals surface area contributed by atoms with Gasteiger partial charge < -0.3 is 9.30 Å². The predicted molar refractivity (Wildman–Crippen MR) is 123 cm³/mol. The molecule has 2 saturated carbocycles. The molecule has 0 bridgehead atoms. The van der Waals surface area contributed by atoms with Crippen LogP contribution in [0.25, 0.3) is 11.1 Å². The largest absolute Gasteiger partial charge is 0.496 e. The standard InChI is InChI=1S/C24H19F3N4O3S/c1-31-12-17(15-9-13(24(25,26)27)3-5-18(15)34-2)16(10-20(31)32)21(33)28-22-30-29-19(35-22)6-4-14-11-23(14)7-8-23/h3,5,9-10,12,14H,7-8,11H2,1-2H3,(H,28,30,33). The third-order valence-electron chi connectivity index (χ3n) is 6.37. The molecule has 7 nitrogen and oxygen atoms in total. The molecule has 2 fully saturated rings. The normalized spacial score (nSPS) is 17.5. The number of pyridine rings is 1. The molecule has 1 spiro atoms. The van der Waals surface area contributed by atoms with E-state index in [-0.39, 0.29) is 27.6 Å². The molecule has 2 aromatic heterocycles. The van der Waals surface area contributed by atoms with Gasteiger partial charge in [0, 0.05) is 36.4 Å². The number of nitrogens with zero attached hydrogens (tertiary/aromatic N) is 3. The second kappa shape index (κ2) is 8.23. The molecule has 11 heteroatoms. The first kappa shape index (κ1) is 23.1. The Kier molecular flexibility index (Phi) is 5.44. The average molecular weight is 501 g/mol. The molecule has 35 heavy (non-hydrogen) atoms. The first-order valence-corrected chi connectivity index (χ1v) is 11.5. The summed E-state index contributed by atoms with van der Waals surface area (Å²) in [6.45, 7) is 0. The topological polar surface area (TPSA) is 86.1 Å². The molecule has 0 radical (unpaired) electrons. The summed E-state index contributed by atoms with van der Waals surface area (Å²) in [5.41, 5.74) is -0.987. The number of rotatable bonds is 4. The number of hydrogen-bond donors (Lipinski definition) is 1. The summed E-state index contributed by atoms with van der Waals surface area (Å²) in [7, 11) is 2.75. The van der Waals surface area contributed by atoms with Gasteiger partial charge in [-0.05, 0) is 48.8 Å². The van der Waals surface area contributed by atoms with Crippen molar-refractivity contribution in [3.63, 3.8) is 0 Å². The Morgan fingerprint density at radius 1 is 1.26 bits per heavy atom. The highest BCUT2D eigenvalue weighted by Gasteiger charge is 2.62. The Balaban J connectivity index is 1.47. The molecule has 2 aliphatic carbocycles. The van der Waals surface area contributed by atoms with Gasteiger partial charge in [-0.25, -0.2) is 0 Å². The van der Waals surface area contributed by atoms with Gasteiger partial charge in [0.2, 0.25) is 5.13 Å². The zero-order valence-corrected chi connectivity index (χ0v) is 19.5. The fraction of sp³-hybridized carbons (Fsp3) is 0.333. The molecule has 1 N–H and O–H groups in total. The number of benzene rings is 1. The summed E-state index contributed by atoms with van der Waals surface area (Å²) in [6, 6.07) is 4.01. The summed E-state index contributed by atoms with van der Waals surface area (Å²) in [5.74, 6) is 5.99. The minimum Gasteiger partial charge on any atom is -0.496 e. The number of nitrogens with one attached hydrogen (secondary N) is 1. The van der Waals surface area contributed by atoms with E-state index in [0.717, 1.165) is 36.0 Å². The highest BCUT2D eigenvalue weighted by atomic mass is 32.1. The highest BCUT2D eigenvalue weighted by Crippen LogP contribution is 2.70. The zero-order valence-electron chi connectivity index (χ0n) is 18.7. The fourth-order valence-electron chi connectivity index (χ4n) is 4.03. The van der Waals surface area contributed by atoms with E-state index in [0.29, 0.717) is 16.3 Å². The van der Waals surface area contributed by atoms with Crippen molar-refractivity contribution in [1.29, 1.82) is 0 Å². The second-order valence-corrected chi connectivity index (χ2v) is 9.70. The Bertz CT molecular complexity index is 1460. The Labute approximate surface area is 202 Å². The molecule has 1 unspecified atom stereocenters. The molecule has 180 valence electrons. The number of ether oxygens (including phenoxy) is 1. The lowest BCUT2D eigenvalue weighted by atomic mass is 9.98. The van der Waals surface area contributed by atoms with E-state index >= 15 is 0 Å². The molecular weight excluding hydrogens is 481 g/mol. The zero-order chi connectivity index (χ0) is 25.0. The second-order valence-electron chi connectivity index (χ2n) is 8.72. The number of anilines is 1. The molecule has 1 amide bonds. The summed E-state index contributed by atoms with van der Waals surface area (Å²) < 4.78 is 46.5. The number of carbonyl (C=O) groups is 1. The molecule has 0 aliphatic heterocycles. The monoisotopic (exact) mass is 500 g/mol. The average Bonchev–Trinajstić information content (AvgIpc) is 3.70. The summed E-state index contributed by atoms with van der Waals surface area (Å²) >= 11 is 1.08. The quantitative estimate of drug-likeness (QED) is 0.539. The van der Waals surface area contributed by atoms with Crippen molar-refractivity contribution in [3.05, 3.63) is 57.0 Å². The van der Waals surface area contributed by atoms with Crippen LogP contribution < -0.4 is 15.6 Å². The van der Waals surface area contributed by atoms with Gasteiger partial charge in [0.05, 0.1) is 18.2 Å². The Morgan fingerprint density at radius 3 is 2.69 bits per heavy atom. The van der Waals surface area contributed by atoms with Crippen molar-refractivity contribution < 1.29 is 22.7 Å². The molecule has 2 heterocycles. The van der Waals surface area contributed by atoms with Crippen molar-refractivity contribution in [2.24, 2.45) is 18.4 Å². The highest BCUT2D eigenvalue weighted by molar-refractivity contribution is 7.15. The summed E-state index contributed by atoms with van der Waals surface area (Å²) in [4.78, 5) is 25.4. The number of halogens is 3. The van der Waals surface area contributed by atoms with E-state index in [1.165, 1.54) is 43.8 Å². The maximum absolute atomic E-state index is 13.4. The maximum atomic E-state index is 13.4. The van der Waals surface area contributed by atoms with Gasteiger partial charge in [-0.3, -0.25) is 14.9 Å². The Hall–Kier alpha value is -3.65. The van der Waals surface area contributed by atoms with E-state index in [1.807, 2.05) is 0 Å². The minimum absolute atomic E-state index is 0.0188. The van der Waals surface area contributed by atoms with Gasteiger partial charge in [0.15, 0.2) is 5.01 Å². The van der Waals surface area contributed by atoms with E-state index < -0.39 is 23.2 Å². The van der Waals surface area contributed by atoms with Crippen LogP contribution in [-0.4, -0.2) is 27.8 Å². The van der Waals surface area contributed by atoms with Gasteiger partial charge in [0.25, 0.3) is 11.5 Å². The smallest absolute Gasteiger partial charge is 0.416 e. The Morgan fingerprint density at radius 2 is 2.03 bits per heavy atom. The number of amides is 1. The fourth-order valence-corrected chi connectivity index (χ4v) is 4.63. The first-order chi connectivity index (χ1) is 16.6. The van der Waals surface area contributed by atoms with Crippen molar-refractivity contribution in [3.8, 4) is 28.7 Å². The van der Waals surface area contributed by atoms with E-state index in [9.17, 15) is 22.8 Å². The van der Waals surface area contributed by atoms with Gasteiger partial charge in [-0.15, -0.1) is 10.2 Å². The minimum atomic E-state index is -4.60. The first-order valence-electron chi connectivity index (χ1n) is 10.7. The van der Waals surface area contributed by atoms with Crippen LogP contribution in [0.2, 0.25) is 0 Å². The number of methoxy groups -OCH3 is 1. The van der Waals surface area contributed by atoms with Crippen LogP contribution in [0.4, 0.5) is 18.3 Å². The third-order valence-corrected chi connectivity index (χ3v) is 7.12. The molecule has 2 aliphatic rings. The lowest BCUT2D eigenvalue weighted by Gasteiger charge is -2.16. The number of hydrogen-bond acceptors (Lipinski definition) is 6. The van der Waals surface area contributed by atoms with Crippen molar-refractivity contribution in [1.82, 2.24) is 14.8 Å². The van der Waals surface area contributed by atoms with Crippen LogP contribution in [0.15, 0.2) is 35.3 Å². The SMILES string of the molecule is COc1ccc(C(F)(F)F)cc1-c1cn(C)c(=O)cc1C(=O)Nc1nnc(C#CC2CC23CC3)s1. The van der Waals surface area contributed by atoms with Gasteiger partial charge in [0.1, 0.15) is 5.75 Å². The predicted octanol–water partition coefficient (Wildman–Crippen LogP) is 4.34. The number of aromatic nitrogens is 3. The van der Waals surface area contributed by atoms with Crippen molar-refractivity contribution in [2.75, 3.05) is 12.4 Å². The lowest BCUT2D eigenvalue weighted by Crippen LogP contribution is -2.22. The van der Waals surface area contributed by atoms with Crippen LogP contribution in [0.1, 0.15) is 40.2 Å². The summed E-state index contributed by atoms with van der Waals surface area (Å²) in [6.07, 6.45) is 0.259. The van der Waals surface area contributed by atoms with Crippen LogP contribution in [0.5, 0.6) is 5.75 Å². The molecular formula is C24H19F3N4O3S.